The number of alkyl halides is 3. The van der Waals surface area contributed by atoms with Gasteiger partial charge in [0.2, 0.25) is 10.0 Å². The molecule has 4 nitrogen and oxygen atoms in total. The van der Waals surface area contributed by atoms with Gasteiger partial charge in [-0.25, -0.2) is 13.1 Å². The first-order valence-electron chi connectivity index (χ1n) is 6.02. The van der Waals surface area contributed by atoms with Crippen LogP contribution < -0.4 is 4.72 Å². The summed E-state index contributed by atoms with van der Waals surface area (Å²) in [4.78, 5) is -0.760. The zero-order valence-electron chi connectivity index (χ0n) is 10.9. The lowest BCUT2D eigenvalue weighted by atomic mass is 10.2. The molecule has 1 aromatic rings. The summed E-state index contributed by atoms with van der Waals surface area (Å²) >= 11 is 0. The molecule has 1 rings (SSSR count). The standard InChI is InChI=1S/C12H16F3NO3S/c1-2-19-9-5-8-16-20(17,18)11-7-4-3-6-10(11)12(13,14)15/h3-4,6-7,16H,2,5,8-9H2,1H3. The number of hydrogen-bond acceptors (Lipinski definition) is 3. The third-order valence-corrected chi connectivity index (χ3v) is 3.96. The van der Waals surface area contributed by atoms with Crippen LogP contribution in [0.2, 0.25) is 0 Å². The van der Waals surface area contributed by atoms with E-state index in [2.05, 4.69) is 4.72 Å². The molecular weight excluding hydrogens is 295 g/mol. The maximum absolute atomic E-state index is 12.8. The molecule has 0 atom stereocenters. The van der Waals surface area contributed by atoms with Crippen molar-refractivity contribution < 1.29 is 26.3 Å². The number of hydrogen-bond donors (Lipinski definition) is 1. The van der Waals surface area contributed by atoms with E-state index in [4.69, 9.17) is 4.74 Å². The summed E-state index contributed by atoms with van der Waals surface area (Å²) < 4.78 is 69.2. The number of rotatable bonds is 7. The van der Waals surface area contributed by atoms with E-state index in [-0.39, 0.29) is 6.54 Å². The van der Waals surface area contributed by atoms with Crippen LogP contribution in [0.25, 0.3) is 0 Å². The summed E-state index contributed by atoms with van der Waals surface area (Å²) in [5, 5.41) is 0. The first-order valence-corrected chi connectivity index (χ1v) is 7.51. The van der Waals surface area contributed by atoms with Crippen LogP contribution in [0.3, 0.4) is 0 Å². The second-order valence-electron chi connectivity index (χ2n) is 3.94. The Balaban J connectivity index is 2.83. The van der Waals surface area contributed by atoms with Crippen LogP contribution in [0, 0.1) is 0 Å². The minimum Gasteiger partial charge on any atom is -0.382 e. The fraction of sp³-hybridized carbons (Fsp3) is 0.500. The van der Waals surface area contributed by atoms with Crippen molar-refractivity contribution in [1.82, 2.24) is 4.72 Å². The highest BCUT2D eigenvalue weighted by molar-refractivity contribution is 7.89. The van der Waals surface area contributed by atoms with Gasteiger partial charge in [0.25, 0.3) is 0 Å². The minimum absolute atomic E-state index is 0.0223. The van der Waals surface area contributed by atoms with E-state index < -0.39 is 26.7 Å². The Morgan fingerprint density at radius 2 is 1.90 bits per heavy atom. The molecule has 0 spiro atoms. The summed E-state index contributed by atoms with van der Waals surface area (Å²) in [6.07, 6.45) is -4.32. The fourth-order valence-electron chi connectivity index (χ4n) is 1.54. The molecule has 0 heterocycles. The number of sulfonamides is 1. The van der Waals surface area contributed by atoms with Crippen molar-refractivity contribution in [1.29, 1.82) is 0 Å². The van der Waals surface area contributed by atoms with Gasteiger partial charge in [-0.2, -0.15) is 13.2 Å². The van der Waals surface area contributed by atoms with Crippen LogP contribution in [0.5, 0.6) is 0 Å². The highest BCUT2D eigenvalue weighted by Gasteiger charge is 2.36. The van der Waals surface area contributed by atoms with Gasteiger partial charge in [-0.05, 0) is 25.5 Å². The summed E-state index contributed by atoms with van der Waals surface area (Å²) in [6.45, 7) is 2.67. The van der Waals surface area contributed by atoms with Crippen LogP contribution in [-0.4, -0.2) is 28.2 Å². The first-order chi connectivity index (χ1) is 9.29. The Hall–Kier alpha value is -1.12. The molecule has 0 radical (unpaired) electrons. The molecule has 0 aromatic heterocycles. The van der Waals surface area contributed by atoms with Crippen LogP contribution >= 0.6 is 0 Å². The fourth-order valence-corrected chi connectivity index (χ4v) is 2.84. The predicted molar refractivity (Wildman–Crippen MR) is 67.7 cm³/mol. The molecule has 0 bridgehead atoms. The van der Waals surface area contributed by atoms with Crippen molar-refractivity contribution in [3.05, 3.63) is 29.8 Å². The lowest BCUT2D eigenvalue weighted by Gasteiger charge is -2.13. The molecule has 114 valence electrons. The summed E-state index contributed by atoms with van der Waals surface area (Å²) in [5.74, 6) is 0. The average molecular weight is 311 g/mol. The molecule has 20 heavy (non-hydrogen) atoms. The van der Waals surface area contributed by atoms with Gasteiger partial charge in [0, 0.05) is 19.8 Å². The van der Waals surface area contributed by atoms with Crippen LogP contribution in [0.1, 0.15) is 18.9 Å². The van der Waals surface area contributed by atoms with Crippen LogP contribution in [0.4, 0.5) is 13.2 Å². The molecule has 0 saturated heterocycles. The van der Waals surface area contributed by atoms with Gasteiger partial charge < -0.3 is 4.74 Å². The van der Waals surface area contributed by atoms with E-state index >= 15 is 0 Å². The zero-order valence-corrected chi connectivity index (χ0v) is 11.7. The number of benzene rings is 1. The Kier molecular flexibility index (Phi) is 5.97. The van der Waals surface area contributed by atoms with Crippen molar-refractivity contribution in [3.63, 3.8) is 0 Å². The SMILES string of the molecule is CCOCCCNS(=O)(=O)c1ccccc1C(F)(F)F. The quantitative estimate of drug-likeness (QED) is 0.787. The Morgan fingerprint density at radius 1 is 1.25 bits per heavy atom. The topological polar surface area (TPSA) is 55.4 Å². The van der Waals surface area contributed by atoms with Crippen molar-refractivity contribution in [2.75, 3.05) is 19.8 Å². The monoisotopic (exact) mass is 311 g/mol. The van der Waals surface area contributed by atoms with Gasteiger partial charge in [-0.15, -0.1) is 0 Å². The molecule has 0 fully saturated rings. The average Bonchev–Trinajstić information content (AvgIpc) is 2.37. The summed E-state index contributed by atoms with van der Waals surface area (Å²) in [6, 6.07) is 4.09. The summed E-state index contributed by atoms with van der Waals surface area (Å²) in [5.41, 5.74) is -1.17. The highest BCUT2D eigenvalue weighted by atomic mass is 32.2. The molecular formula is C12H16F3NO3S. The van der Waals surface area contributed by atoms with Crippen molar-refractivity contribution in [2.24, 2.45) is 0 Å². The van der Waals surface area contributed by atoms with Gasteiger partial charge in [-0.3, -0.25) is 0 Å². The van der Waals surface area contributed by atoms with E-state index in [9.17, 15) is 21.6 Å². The molecule has 0 saturated carbocycles. The third kappa shape index (κ3) is 4.77. The molecule has 0 aliphatic carbocycles. The van der Waals surface area contributed by atoms with Crippen molar-refractivity contribution in [2.45, 2.75) is 24.4 Å². The van der Waals surface area contributed by atoms with E-state index in [0.29, 0.717) is 19.6 Å². The van der Waals surface area contributed by atoms with Gasteiger partial charge in [-0.1, -0.05) is 12.1 Å². The van der Waals surface area contributed by atoms with E-state index in [1.165, 1.54) is 6.07 Å². The predicted octanol–water partition coefficient (Wildman–Crippen LogP) is 2.41. The molecule has 8 heteroatoms. The maximum Gasteiger partial charge on any atom is 0.417 e. The number of ether oxygens (including phenoxy) is 1. The summed E-state index contributed by atoms with van der Waals surface area (Å²) in [7, 11) is -4.19. The second kappa shape index (κ2) is 7.05. The van der Waals surface area contributed by atoms with Gasteiger partial charge in [0.1, 0.15) is 0 Å². The Bertz CT molecular complexity index is 529. The van der Waals surface area contributed by atoms with E-state index in [0.717, 1.165) is 18.2 Å². The molecule has 0 unspecified atom stereocenters. The van der Waals surface area contributed by atoms with Gasteiger partial charge in [0.05, 0.1) is 10.5 Å². The van der Waals surface area contributed by atoms with Gasteiger partial charge >= 0.3 is 6.18 Å². The van der Waals surface area contributed by atoms with Crippen molar-refractivity contribution >= 4 is 10.0 Å². The zero-order chi connectivity index (χ0) is 15.2. The van der Waals surface area contributed by atoms with E-state index in [1.54, 1.807) is 6.92 Å². The number of nitrogens with one attached hydrogen (secondary N) is 1. The number of halogens is 3. The normalized spacial score (nSPS) is 12.6. The molecule has 0 amide bonds. The lowest BCUT2D eigenvalue weighted by molar-refractivity contribution is -0.139. The smallest absolute Gasteiger partial charge is 0.382 e. The van der Waals surface area contributed by atoms with Crippen LogP contribution in [0.15, 0.2) is 29.2 Å². The minimum atomic E-state index is -4.71. The molecule has 0 aliphatic heterocycles. The van der Waals surface area contributed by atoms with Crippen molar-refractivity contribution in [3.8, 4) is 0 Å². The van der Waals surface area contributed by atoms with Gasteiger partial charge in [0.15, 0.2) is 0 Å². The molecule has 0 aliphatic rings. The van der Waals surface area contributed by atoms with E-state index in [1.807, 2.05) is 0 Å². The maximum atomic E-state index is 12.8. The lowest BCUT2D eigenvalue weighted by Crippen LogP contribution is -2.27. The second-order valence-corrected chi connectivity index (χ2v) is 5.68. The Morgan fingerprint density at radius 3 is 2.50 bits per heavy atom. The Labute approximate surface area is 116 Å². The molecule has 1 aromatic carbocycles. The largest absolute Gasteiger partial charge is 0.417 e. The molecule has 1 N–H and O–H groups in total. The first kappa shape index (κ1) is 16.9. The highest BCUT2D eigenvalue weighted by Crippen LogP contribution is 2.33. The third-order valence-electron chi connectivity index (χ3n) is 2.44. The van der Waals surface area contributed by atoms with Crippen LogP contribution in [-0.2, 0) is 20.9 Å².